The van der Waals surface area contributed by atoms with Gasteiger partial charge in [-0.2, -0.15) is 0 Å². The molecular formula is C14H18O. The van der Waals surface area contributed by atoms with Crippen LogP contribution in [0.2, 0.25) is 0 Å². The summed E-state index contributed by atoms with van der Waals surface area (Å²) in [6.45, 7) is 7.67. The Hall–Kier alpha value is -1.37. The van der Waals surface area contributed by atoms with Gasteiger partial charge in [0, 0.05) is 12.0 Å². The molecular weight excluding hydrogens is 184 g/mol. The zero-order chi connectivity index (χ0) is 11.4. The van der Waals surface area contributed by atoms with Crippen LogP contribution in [0.4, 0.5) is 0 Å². The van der Waals surface area contributed by atoms with Crippen LogP contribution < -0.4 is 0 Å². The summed E-state index contributed by atoms with van der Waals surface area (Å²) in [5.41, 5.74) is 4.65. The van der Waals surface area contributed by atoms with Crippen LogP contribution in [-0.4, -0.2) is 5.78 Å². The van der Waals surface area contributed by atoms with Crippen LogP contribution in [0.15, 0.2) is 29.8 Å². The van der Waals surface area contributed by atoms with E-state index in [4.69, 9.17) is 0 Å². The molecule has 0 saturated carbocycles. The zero-order valence-electron chi connectivity index (χ0n) is 9.92. The lowest BCUT2D eigenvalue weighted by Crippen LogP contribution is -1.96. The number of ketones is 1. The van der Waals surface area contributed by atoms with Gasteiger partial charge in [-0.25, -0.2) is 0 Å². The van der Waals surface area contributed by atoms with Crippen molar-refractivity contribution in [2.24, 2.45) is 0 Å². The van der Waals surface area contributed by atoms with Gasteiger partial charge in [0.25, 0.3) is 0 Å². The number of rotatable bonds is 1. The van der Waals surface area contributed by atoms with E-state index in [1.807, 2.05) is 32.9 Å². The summed E-state index contributed by atoms with van der Waals surface area (Å²) in [4.78, 5) is 11.3. The molecule has 0 saturated heterocycles. The van der Waals surface area contributed by atoms with E-state index >= 15 is 0 Å². The van der Waals surface area contributed by atoms with Crippen molar-refractivity contribution >= 4 is 11.4 Å². The van der Waals surface area contributed by atoms with Crippen molar-refractivity contribution in [2.45, 2.75) is 34.1 Å². The van der Waals surface area contributed by atoms with E-state index in [0.717, 1.165) is 17.6 Å². The Bertz CT molecular complexity index is 400. The van der Waals surface area contributed by atoms with Gasteiger partial charge in [0.2, 0.25) is 0 Å². The lowest BCUT2D eigenvalue weighted by molar-refractivity contribution is -0.113. The molecule has 2 rings (SSSR count). The fourth-order valence-electron chi connectivity index (χ4n) is 1.91. The van der Waals surface area contributed by atoms with Crippen LogP contribution in [0.1, 0.15) is 38.8 Å². The van der Waals surface area contributed by atoms with Crippen LogP contribution in [0.25, 0.3) is 5.57 Å². The molecule has 1 heteroatoms. The maximum absolute atomic E-state index is 11.3. The third kappa shape index (κ3) is 2.17. The van der Waals surface area contributed by atoms with Crippen molar-refractivity contribution in [3.05, 3.63) is 41.0 Å². The molecule has 15 heavy (non-hydrogen) atoms. The predicted molar refractivity (Wildman–Crippen MR) is 64.8 cm³/mol. The molecule has 0 amide bonds. The standard InChI is InChI=1S/C12H12O.C2H6/c1-8-11-6-4-3-5-10(11)7-12(8)9(2)13;1-2/h3-6H,7H2,1-2H3;1-2H3. The largest absolute Gasteiger partial charge is 0.295 e. The molecule has 0 unspecified atom stereocenters. The first-order valence-electron chi connectivity index (χ1n) is 5.49. The number of benzene rings is 1. The molecule has 0 radical (unpaired) electrons. The fourth-order valence-corrected chi connectivity index (χ4v) is 1.91. The Morgan fingerprint density at radius 3 is 2.33 bits per heavy atom. The minimum Gasteiger partial charge on any atom is -0.295 e. The lowest BCUT2D eigenvalue weighted by atomic mass is 10.1. The Labute approximate surface area is 91.8 Å². The second kappa shape index (κ2) is 4.92. The normalized spacial score (nSPS) is 13.1. The smallest absolute Gasteiger partial charge is 0.156 e. The number of hydrogen-bond donors (Lipinski definition) is 0. The minimum absolute atomic E-state index is 0.203. The molecule has 0 fully saturated rings. The number of allylic oxidation sites excluding steroid dienone is 2. The summed E-state index contributed by atoms with van der Waals surface area (Å²) in [7, 11) is 0. The molecule has 1 aliphatic rings. The van der Waals surface area contributed by atoms with Gasteiger partial charge in [0.1, 0.15) is 0 Å². The number of fused-ring (bicyclic) bond motifs is 1. The first-order valence-corrected chi connectivity index (χ1v) is 5.49. The van der Waals surface area contributed by atoms with Crippen LogP contribution in [-0.2, 0) is 11.2 Å². The van der Waals surface area contributed by atoms with E-state index < -0.39 is 0 Å². The Kier molecular flexibility index (Phi) is 3.84. The highest BCUT2D eigenvalue weighted by molar-refractivity contribution is 6.03. The van der Waals surface area contributed by atoms with Gasteiger partial charge in [0.15, 0.2) is 5.78 Å². The van der Waals surface area contributed by atoms with Crippen molar-refractivity contribution < 1.29 is 4.79 Å². The van der Waals surface area contributed by atoms with Gasteiger partial charge in [-0.05, 0) is 30.5 Å². The maximum atomic E-state index is 11.3. The highest BCUT2D eigenvalue weighted by Crippen LogP contribution is 2.32. The average molecular weight is 202 g/mol. The number of Topliss-reactive ketones (excluding diaryl/α,β-unsaturated/α-hetero) is 1. The molecule has 0 aliphatic heterocycles. The molecule has 0 heterocycles. The summed E-state index contributed by atoms with van der Waals surface area (Å²) >= 11 is 0. The van der Waals surface area contributed by atoms with Gasteiger partial charge in [-0.1, -0.05) is 38.1 Å². The first kappa shape index (κ1) is 11.7. The summed E-state index contributed by atoms with van der Waals surface area (Å²) in [6, 6.07) is 8.22. The fraction of sp³-hybridized carbons (Fsp3) is 0.357. The maximum Gasteiger partial charge on any atom is 0.156 e. The van der Waals surface area contributed by atoms with E-state index in [1.54, 1.807) is 6.92 Å². The Balaban J connectivity index is 0.000000531. The van der Waals surface area contributed by atoms with Crippen molar-refractivity contribution in [1.29, 1.82) is 0 Å². The van der Waals surface area contributed by atoms with E-state index in [9.17, 15) is 4.79 Å². The van der Waals surface area contributed by atoms with Gasteiger partial charge >= 0.3 is 0 Å². The average Bonchev–Trinajstić information content (AvgIpc) is 2.60. The van der Waals surface area contributed by atoms with E-state index in [0.29, 0.717) is 0 Å². The summed E-state index contributed by atoms with van der Waals surface area (Å²) < 4.78 is 0. The number of hydrogen-bond acceptors (Lipinski definition) is 1. The third-order valence-corrected chi connectivity index (χ3v) is 2.67. The molecule has 1 nitrogen and oxygen atoms in total. The molecule has 1 aromatic carbocycles. The number of carbonyl (C=O) groups excluding carboxylic acids is 1. The summed E-state index contributed by atoms with van der Waals surface area (Å²) in [5.74, 6) is 0.203. The second-order valence-electron chi connectivity index (χ2n) is 3.49. The van der Waals surface area contributed by atoms with Crippen LogP contribution in [0.3, 0.4) is 0 Å². The van der Waals surface area contributed by atoms with E-state index in [-0.39, 0.29) is 5.78 Å². The summed E-state index contributed by atoms with van der Waals surface area (Å²) in [5, 5.41) is 0. The molecule has 0 spiro atoms. The Morgan fingerprint density at radius 2 is 1.80 bits per heavy atom. The van der Waals surface area contributed by atoms with Gasteiger partial charge < -0.3 is 0 Å². The molecule has 80 valence electrons. The van der Waals surface area contributed by atoms with Crippen LogP contribution in [0.5, 0.6) is 0 Å². The zero-order valence-corrected chi connectivity index (χ0v) is 9.92. The topological polar surface area (TPSA) is 17.1 Å². The Morgan fingerprint density at radius 1 is 1.20 bits per heavy atom. The molecule has 0 aromatic heterocycles. The quantitative estimate of drug-likeness (QED) is 0.679. The third-order valence-electron chi connectivity index (χ3n) is 2.67. The van der Waals surface area contributed by atoms with Gasteiger partial charge in [-0.3, -0.25) is 4.79 Å². The molecule has 1 aliphatic carbocycles. The SMILES string of the molecule is CC.CC(=O)C1=C(C)c2ccccc2C1. The highest BCUT2D eigenvalue weighted by atomic mass is 16.1. The highest BCUT2D eigenvalue weighted by Gasteiger charge is 2.19. The van der Waals surface area contributed by atoms with Crippen molar-refractivity contribution in [1.82, 2.24) is 0 Å². The monoisotopic (exact) mass is 202 g/mol. The predicted octanol–water partition coefficient (Wildman–Crippen LogP) is 3.63. The van der Waals surface area contributed by atoms with Crippen molar-refractivity contribution in [3.8, 4) is 0 Å². The second-order valence-corrected chi connectivity index (χ2v) is 3.49. The lowest BCUT2D eigenvalue weighted by Gasteiger charge is -1.97. The molecule has 0 N–H and O–H groups in total. The minimum atomic E-state index is 0.203. The van der Waals surface area contributed by atoms with Crippen LogP contribution in [0, 0.1) is 0 Å². The number of carbonyl (C=O) groups is 1. The summed E-state index contributed by atoms with van der Waals surface area (Å²) in [6.07, 6.45) is 0.817. The van der Waals surface area contributed by atoms with E-state index in [1.165, 1.54) is 11.1 Å². The van der Waals surface area contributed by atoms with Crippen LogP contribution >= 0.6 is 0 Å². The van der Waals surface area contributed by atoms with Gasteiger partial charge in [-0.15, -0.1) is 0 Å². The molecule has 1 aromatic rings. The van der Waals surface area contributed by atoms with Gasteiger partial charge in [0.05, 0.1) is 0 Å². The molecule has 0 atom stereocenters. The van der Waals surface area contributed by atoms with Crippen molar-refractivity contribution in [2.75, 3.05) is 0 Å². The van der Waals surface area contributed by atoms with E-state index in [2.05, 4.69) is 12.1 Å². The van der Waals surface area contributed by atoms with Crippen molar-refractivity contribution in [3.63, 3.8) is 0 Å². The first-order chi connectivity index (χ1) is 7.20. The molecule has 0 bridgehead atoms.